The van der Waals surface area contributed by atoms with Crippen LogP contribution in [0, 0.1) is 6.92 Å². The van der Waals surface area contributed by atoms with E-state index in [1.54, 1.807) is 0 Å². The fraction of sp³-hybridized carbons (Fsp3) is 0.538. The molecule has 18 heavy (non-hydrogen) atoms. The van der Waals surface area contributed by atoms with E-state index >= 15 is 0 Å². The summed E-state index contributed by atoms with van der Waals surface area (Å²) in [5, 5.41) is 0. The van der Waals surface area contributed by atoms with Gasteiger partial charge in [0.05, 0.1) is 18.0 Å². The highest BCUT2D eigenvalue weighted by atomic mass is 35.5. The highest BCUT2D eigenvalue weighted by Crippen LogP contribution is 2.31. The molecule has 3 heterocycles. The van der Waals surface area contributed by atoms with Crippen molar-refractivity contribution in [2.24, 2.45) is 0 Å². The molecule has 1 fully saturated rings. The molecule has 0 N–H and O–H groups in total. The Labute approximate surface area is 111 Å². The maximum Gasteiger partial charge on any atom is 0.160 e. The van der Waals surface area contributed by atoms with Gasteiger partial charge >= 0.3 is 0 Å². The fourth-order valence-corrected chi connectivity index (χ4v) is 2.81. The van der Waals surface area contributed by atoms with Gasteiger partial charge in [-0.3, -0.25) is 0 Å². The van der Waals surface area contributed by atoms with Crippen LogP contribution in [0.25, 0.3) is 11.2 Å². The molecule has 0 bridgehead atoms. The third kappa shape index (κ3) is 1.80. The summed E-state index contributed by atoms with van der Waals surface area (Å²) in [4.78, 5) is 9.17. The Morgan fingerprint density at radius 1 is 1.44 bits per heavy atom. The number of ether oxygens (including phenoxy) is 1. The van der Waals surface area contributed by atoms with E-state index in [2.05, 4.69) is 21.5 Å². The number of imidazole rings is 1. The Morgan fingerprint density at radius 2 is 2.28 bits per heavy atom. The standard InChI is InChI=1S/C13H16ClN3O/c1-8-3-4-10-13(15-8)17(12(7-14)16-10)11-5-6-18-9(11)2/h3-4,9,11H,5-7H2,1-2H3. The summed E-state index contributed by atoms with van der Waals surface area (Å²) in [6.45, 7) is 4.88. The molecule has 2 aromatic rings. The van der Waals surface area contributed by atoms with Crippen molar-refractivity contribution in [3.05, 3.63) is 23.7 Å². The lowest BCUT2D eigenvalue weighted by atomic mass is 10.1. The number of aryl methyl sites for hydroxylation is 1. The van der Waals surface area contributed by atoms with Gasteiger partial charge in [0.25, 0.3) is 0 Å². The number of aromatic nitrogens is 3. The Hall–Kier alpha value is -1.13. The number of halogens is 1. The summed E-state index contributed by atoms with van der Waals surface area (Å²) in [7, 11) is 0. The van der Waals surface area contributed by atoms with Crippen LogP contribution in [0.5, 0.6) is 0 Å². The normalized spacial score (nSPS) is 23.9. The van der Waals surface area contributed by atoms with Gasteiger partial charge in [0, 0.05) is 12.3 Å². The minimum absolute atomic E-state index is 0.187. The third-order valence-electron chi connectivity index (χ3n) is 3.54. The van der Waals surface area contributed by atoms with Gasteiger partial charge in [0.1, 0.15) is 11.3 Å². The van der Waals surface area contributed by atoms with Crippen molar-refractivity contribution in [2.45, 2.75) is 38.3 Å². The molecule has 5 heteroatoms. The highest BCUT2D eigenvalue weighted by molar-refractivity contribution is 6.16. The number of rotatable bonds is 2. The number of hydrogen-bond donors (Lipinski definition) is 0. The third-order valence-corrected chi connectivity index (χ3v) is 3.78. The Kier molecular flexibility index (Phi) is 2.99. The van der Waals surface area contributed by atoms with E-state index in [0.717, 1.165) is 35.7 Å². The Morgan fingerprint density at radius 3 is 2.94 bits per heavy atom. The van der Waals surface area contributed by atoms with Crippen molar-refractivity contribution in [1.82, 2.24) is 14.5 Å². The largest absolute Gasteiger partial charge is 0.376 e. The maximum atomic E-state index is 6.02. The van der Waals surface area contributed by atoms with Gasteiger partial charge in [0.15, 0.2) is 5.65 Å². The lowest BCUT2D eigenvalue weighted by Crippen LogP contribution is -2.19. The van der Waals surface area contributed by atoms with Gasteiger partial charge in [-0.05, 0) is 32.4 Å². The average molecular weight is 266 g/mol. The van der Waals surface area contributed by atoms with Crippen LogP contribution in [0.15, 0.2) is 12.1 Å². The van der Waals surface area contributed by atoms with Crippen LogP contribution in [-0.4, -0.2) is 27.2 Å². The molecule has 0 spiro atoms. The highest BCUT2D eigenvalue weighted by Gasteiger charge is 2.29. The minimum Gasteiger partial charge on any atom is -0.376 e. The molecule has 2 aromatic heterocycles. The first-order valence-electron chi connectivity index (χ1n) is 6.22. The molecular weight excluding hydrogens is 250 g/mol. The summed E-state index contributed by atoms with van der Waals surface area (Å²) >= 11 is 6.02. The molecule has 96 valence electrons. The summed E-state index contributed by atoms with van der Waals surface area (Å²) in [6.07, 6.45) is 1.18. The molecule has 2 unspecified atom stereocenters. The minimum atomic E-state index is 0.187. The summed E-state index contributed by atoms with van der Waals surface area (Å²) < 4.78 is 7.81. The van der Waals surface area contributed by atoms with Crippen LogP contribution >= 0.6 is 11.6 Å². The SMILES string of the molecule is Cc1ccc2nc(CCl)n(C3CCOC3C)c2n1. The lowest BCUT2D eigenvalue weighted by Gasteiger charge is -2.18. The molecule has 1 aliphatic heterocycles. The smallest absolute Gasteiger partial charge is 0.160 e. The first-order chi connectivity index (χ1) is 8.70. The van der Waals surface area contributed by atoms with E-state index in [4.69, 9.17) is 16.3 Å². The van der Waals surface area contributed by atoms with Crippen LogP contribution in [0.1, 0.15) is 30.9 Å². The van der Waals surface area contributed by atoms with Crippen LogP contribution in [-0.2, 0) is 10.6 Å². The second kappa shape index (κ2) is 4.52. The predicted molar refractivity (Wildman–Crippen MR) is 70.9 cm³/mol. The number of alkyl halides is 1. The van der Waals surface area contributed by atoms with Crippen molar-refractivity contribution < 1.29 is 4.74 Å². The molecule has 0 aromatic carbocycles. The van der Waals surface area contributed by atoms with Gasteiger partial charge in [-0.15, -0.1) is 11.6 Å². The Balaban J connectivity index is 2.21. The monoisotopic (exact) mass is 265 g/mol. The van der Waals surface area contributed by atoms with E-state index in [9.17, 15) is 0 Å². The van der Waals surface area contributed by atoms with E-state index in [1.807, 2.05) is 19.1 Å². The summed E-state index contributed by atoms with van der Waals surface area (Å²) in [6, 6.07) is 4.27. The van der Waals surface area contributed by atoms with Gasteiger partial charge < -0.3 is 9.30 Å². The first-order valence-corrected chi connectivity index (χ1v) is 6.76. The predicted octanol–water partition coefficient (Wildman–Crippen LogP) is 2.83. The van der Waals surface area contributed by atoms with Crippen molar-refractivity contribution in [2.75, 3.05) is 6.61 Å². The summed E-state index contributed by atoms with van der Waals surface area (Å²) in [5.41, 5.74) is 2.83. The van der Waals surface area contributed by atoms with Crippen LogP contribution in [0.2, 0.25) is 0 Å². The zero-order valence-electron chi connectivity index (χ0n) is 10.6. The topological polar surface area (TPSA) is 39.9 Å². The molecule has 0 aliphatic carbocycles. The van der Waals surface area contributed by atoms with E-state index < -0.39 is 0 Å². The molecule has 0 saturated carbocycles. The van der Waals surface area contributed by atoms with Crippen LogP contribution in [0.4, 0.5) is 0 Å². The molecule has 4 nitrogen and oxygen atoms in total. The number of hydrogen-bond acceptors (Lipinski definition) is 3. The van der Waals surface area contributed by atoms with Crippen molar-refractivity contribution in [3.8, 4) is 0 Å². The van der Waals surface area contributed by atoms with Gasteiger partial charge in [-0.25, -0.2) is 9.97 Å². The second-order valence-corrected chi connectivity index (χ2v) is 5.03. The zero-order chi connectivity index (χ0) is 12.7. The molecule has 1 aliphatic rings. The van der Waals surface area contributed by atoms with Crippen molar-refractivity contribution >= 4 is 22.8 Å². The molecule has 0 amide bonds. The lowest BCUT2D eigenvalue weighted by molar-refractivity contribution is 0.108. The van der Waals surface area contributed by atoms with E-state index in [-0.39, 0.29) is 12.1 Å². The molecule has 3 rings (SSSR count). The number of fused-ring (bicyclic) bond motifs is 1. The molecule has 2 atom stereocenters. The second-order valence-electron chi connectivity index (χ2n) is 4.76. The molecule has 0 radical (unpaired) electrons. The Bertz CT molecular complexity index is 581. The number of nitrogens with zero attached hydrogens (tertiary/aromatic N) is 3. The first kappa shape index (κ1) is 11.9. The maximum absolute atomic E-state index is 6.02. The van der Waals surface area contributed by atoms with Gasteiger partial charge in [-0.2, -0.15) is 0 Å². The van der Waals surface area contributed by atoms with Crippen LogP contribution < -0.4 is 0 Å². The van der Waals surface area contributed by atoms with Gasteiger partial charge in [-0.1, -0.05) is 0 Å². The van der Waals surface area contributed by atoms with Crippen LogP contribution in [0.3, 0.4) is 0 Å². The zero-order valence-corrected chi connectivity index (χ0v) is 11.3. The molecular formula is C13H16ClN3O. The molecule has 1 saturated heterocycles. The van der Waals surface area contributed by atoms with Crippen molar-refractivity contribution in [1.29, 1.82) is 0 Å². The van der Waals surface area contributed by atoms with Gasteiger partial charge in [0.2, 0.25) is 0 Å². The van der Waals surface area contributed by atoms with E-state index in [0.29, 0.717) is 5.88 Å². The van der Waals surface area contributed by atoms with E-state index in [1.165, 1.54) is 0 Å². The number of pyridine rings is 1. The van der Waals surface area contributed by atoms with Crippen molar-refractivity contribution in [3.63, 3.8) is 0 Å². The summed E-state index contributed by atoms with van der Waals surface area (Å²) in [5.74, 6) is 1.28. The average Bonchev–Trinajstić information content (AvgIpc) is 2.91. The quantitative estimate of drug-likeness (QED) is 0.784. The fourth-order valence-electron chi connectivity index (χ4n) is 2.62.